The molecule has 22 heavy (non-hydrogen) atoms. The summed E-state index contributed by atoms with van der Waals surface area (Å²) in [5.41, 5.74) is 1.01. The van der Waals surface area contributed by atoms with E-state index in [2.05, 4.69) is 32.4 Å². The van der Waals surface area contributed by atoms with Crippen LogP contribution in [0, 0.1) is 6.92 Å². The average molecular weight is 299 g/mol. The van der Waals surface area contributed by atoms with E-state index < -0.39 is 5.91 Å². The summed E-state index contributed by atoms with van der Waals surface area (Å²) in [6.45, 7) is 4.94. The van der Waals surface area contributed by atoms with Gasteiger partial charge in [-0.1, -0.05) is 13.3 Å². The van der Waals surface area contributed by atoms with E-state index in [4.69, 9.17) is 0 Å². The van der Waals surface area contributed by atoms with E-state index in [0.717, 1.165) is 25.1 Å². The van der Waals surface area contributed by atoms with Crippen molar-refractivity contribution >= 4 is 17.5 Å². The number of unbranched alkanes of at least 4 members (excludes halogenated alkanes) is 1. The third kappa shape index (κ3) is 2.80. The zero-order valence-electron chi connectivity index (χ0n) is 12.5. The van der Waals surface area contributed by atoms with Gasteiger partial charge >= 0.3 is 0 Å². The van der Waals surface area contributed by atoms with Crippen LogP contribution in [0.1, 0.15) is 36.1 Å². The van der Waals surface area contributed by atoms with Gasteiger partial charge in [-0.3, -0.25) is 9.48 Å². The fraction of sp³-hybridized carbons (Fsp3) is 0.357. The van der Waals surface area contributed by atoms with Crippen molar-refractivity contribution in [3.63, 3.8) is 0 Å². The minimum Gasteiger partial charge on any atom is -0.302 e. The van der Waals surface area contributed by atoms with Gasteiger partial charge in [-0.2, -0.15) is 10.1 Å². The highest BCUT2D eigenvalue weighted by atomic mass is 16.2. The van der Waals surface area contributed by atoms with E-state index in [1.54, 1.807) is 18.5 Å². The van der Waals surface area contributed by atoms with Crippen molar-refractivity contribution in [1.82, 2.24) is 29.4 Å². The number of rotatable bonds is 5. The number of carbonyl (C=O) groups is 1. The summed E-state index contributed by atoms with van der Waals surface area (Å²) < 4.78 is 3.35. The molecule has 0 saturated carbocycles. The molecule has 0 aliphatic heterocycles. The fourth-order valence-electron chi connectivity index (χ4n) is 2.11. The van der Waals surface area contributed by atoms with Gasteiger partial charge in [0.05, 0.1) is 0 Å². The zero-order chi connectivity index (χ0) is 15.5. The Hall–Kier alpha value is -2.77. The molecule has 0 fully saturated rings. The molecule has 3 aromatic heterocycles. The Labute approximate surface area is 127 Å². The van der Waals surface area contributed by atoms with Crippen LogP contribution in [-0.2, 0) is 6.54 Å². The van der Waals surface area contributed by atoms with Crippen LogP contribution in [0.3, 0.4) is 0 Å². The van der Waals surface area contributed by atoms with Crippen LogP contribution in [0.25, 0.3) is 5.78 Å². The molecule has 3 aromatic rings. The van der Waals surface area contributed by atoms with Crippen LogP contribution in [0.5, 0.6) is 0 Å². The summed E-state index contributed by atoms with van der Waals surface area (Å²) in [6.07, 6.45) is 5.44. The Bertz CT molecular complexity index is 771. The number of aryl methyl sites for hydroxylation is 2. The van der Waals surface area contributed by atoms with Gasteiger partial charge in [-0.15, -0.1) is 5.10 Å². The topological polar surface area (TPSA) is 90.0 Å². The van der Waals surface area contributed by atoms with Crippen LogP contribution in [-0.4, -0.2) is 35.3 Å². The number of hydrogen-bond acceptors (Lipinski definition) is 5. The second kappa shape index (κ2) is 5.92. The molecule has 3 heterocycles. The normalized spacial score (nSPS) is 11.0. The summed E-state index contributed by atoms with van der Waals surface area (Å²) in [5, 5.41) is 11.2. The molecule has 3 rings (SSSR count). The number of hydrogen-bond donors (Lipinski definition) is 1. The van der Waals surface area contributed by atoms with Crippen molar-refractivity contribution < 1.29 is 4.79 Å². The SMILES string of the molecule is CCCCn1nc(NC(=O)c2nc3ncccn3n2)cc1C. The van der Waals surface area contributed by atoms with Crippen LogP contribution < -0.4 is 5.32 Å². The van der Waals surface area contributed by atoms with Gasteiger partial charge in [0.25, 0.3) is 11.7 Å². The summed E-state index contributed by atoms with van der Waals surface area (Å²) in [5.74, 6) is 0.563. The molecule has 0 saturated heterocycles. The molecule has 1 amide bonds. The Morgan fingerprint density at radius 2 is 2.23 bits per heavy atom. The lowest BCUT2D eigenvalue weighted by molar-refractivity contribution is 0.101. The molecular weight excluding hydrogens is 282 g/mol. The molecule has 114 valence electrons. The quantitative estimate of drug-likeness (QED) is 0.774. The monoisotopic (exact) mass is 299 g/mol. The molecular formula is C14H17N7O. The first kappa shape index (κ1) is 14.2. The molecule has 0 spiro atoms. The zero-order valence-corrected chi connectivity index (χ0v) is 12.5. The maximum absolute atomic E-state index is 12.2. The molecule has 0 aliphatic carbocycles. The highest BCUT2D eigenvalue weighted by Gasteiger charge is 2.15. The molecule has 8 heteroatoms. The summed E-state index contributed by atoms with van der Waals surface area (Å²) in [7, 11) is 0. The third-order valence-corrected chi connectivity index (χ3v) is 3.27. The lowest BCUT2D eigenvalue weighted by atomic mass is 10.3. The first-order valence-corrected chi connectivity index (χ1v) is 7.20. The van der Waals surface area contributed by atoms with E-state index in [1.807, 2.05) is 17.7 Å². The molecule has 0 bridgehead atoms. The first-order valence-electron chi connectivity index (χ1n) is 7.20. The smallest absolute Gasteiger partial charge is 0.296 e. The highest BCUT2D eigenvalue weighted by Crippen LogP contribution is 2.10. The number of amides is 1. The second-order valence-electron chi connectivity index (χ2n) is 5.00. The van der Waals surface area contributed by atoms with Crippen molar-refractivity contribution in [3.8, 4) is 0 Å². The predicted molar refractivity (Wildman–Crippen MR) is 80.6 cm³/mol. The van der Waals surface area contributed by atoms with Crippen LogP contribution in [0.4, 0.5) is 5.82 Å². The van der Waals surface area contributed by atoms with Gasteiger partial charge in [-0.05, 0) is 19.4 Å². The van der Waals surface area contributed by atoms with Crippen molar-refractivity contribution in [2.24, 2.45) is 0 Å². The van der Waals surface area contributed by atoms with Crippen molar-refractivity contribution in [2.45, 2.75) is 33.2 Å². The number of nitrogens with one attached hydrogen (secondary N) is 1. The fourth-order valence-corrected chi connectivity index (χ4v) is 2.11. The highest BCUT2D eigenvalue weighted by molar-refractivity contribution is 6.01. The maximum Gasteiger partial charge on any atom is 0.296 e. The van der Waals surface area contributed by atoms with E-state index in [9.17, 15) is 4.79 Å². The van der Waals surface area contributed by atoms with E-state index in [1.165, 1.54) is 4.52 Å². The molecule has 0 atom stereocenters. The molecule has 0 unspecified atom stereocenters. The van der Waals surface area contributed by atoms with Crippen molar-refractivity contribution in [1.29, 1.82) is 0 Å². The minimum atomic E-state index is -0.398. The van der Waals surface area contributed by atoms with Gasteiger partial charge in [0.15, 0.2) is 5.82 Å². The first-order chi connectivity index (χ1) is 10.7. The number of aromatic nitrogens is 6. The molecule has 8 nitrogen and oxygen atoms in total. The maximum atomic E-state index is 12.2. The Morgan fingerprint density at radius 3 is 3.00 bits per heavy atom. The summed E-state index contributed by atoms with van der Waals surface area (Å²) in [4.78, 5) is 20.3. The Morgan fingerprint density at radius 1 is 1.36 bits per heavy atom. The van der Waals surface area contributed by atoms with Crippen LogP contribution >= 0.6 is 0 Å². The van der Waals surface area contributed by atoms with Gasteiger partial charge in [-0.25, -0.2) is 9.50 Å². The second-order valence-corrected chi connectivity index (χ2v) is 5.00. The number of anilines is 1. The molecule has 0 aliphatic rings. The van der Waals surface area contributed by atoms with Crippen molar-refractivity contribution in [2.75, 3.05) is 5.32 Å². The lowest BCUT2D eigenvalue weighted by Crippen LogP contribution is -2.14. The van der Waals surface area contributed by atoms with Gasteiger partial charge in [0.2, 0.25) is 5.82 Å². The minimum absolute atomic E-state index is 0.0689. The average Bonchev–Trinajstić information content (AvgIpc) is 3.08. The summed E-state index contributed by atoms with van der Waals surface area (Å²) in [6, 6.07) is 3.56. The van der Waals surface area contributed by atoms with Gasteiger partial charge in [0.1, 0.15) is 0 Å². The Kier molecular flexibility index (Phi) is 3.82. The third-order valence-electron chi connectivity index (χ3n) is 3.27. The van der Waals surface area contributed by atoms with Crippen LogP contribution in [0.15, 0.2) is 24.5 Å². The predicted octanol–water partition coefficient (Wildman–Crippen LogP) is 1.68. The van der Waals surface area contributed by atoms with E-state index >= 15 is 0 Å². The number of fused-ring (bicyclic) bond motifs is 1. The van der Waals surface area contributed by atoms with E-state index in [-0.39, 0.29) is 5.82 Å². The van der Waals surface area contributed by atoms with Gasteiger partial charge < -0.3 is 5.32 Å². The largest absolute Gasteiger partial charge is 0.302 e. The lowest BCUT2D eigenvalue weighted by Gasteiger charge is -2.01. The summed E-state index contributed by atoms with van der Waals surface area (Å²) >= 11 is 0. The standard InChI is InChI=1S/C14H17N7O/c1-3-4-7-20-10(2)9-11(18-20)16-13(22)12-17-14-15-6-5-8-21(14)19-12/h5-6,8-9H,3-4,7H2,1-2H3,(H,16,18,22). The Balaban J connectivity index is 1.76. The number of nitrogens with zero attached hydrogens (tertiary/aromatic N) is 6. The van der Waals surface area contributed by atoms with Gasteiger partial charge in [0, 0.05) is 30.7 Å². The number of carbonyl (C=O) groups excluding carboxylic acids is 1. The molecule has 0 aromatic carbocycles. The molecule has 1 N–H and O–H groups in total. The van der Waals surface area contributed by atoms with Crippen molar-refractivity contribution in [3.05, 3.63) is 36.0 Å². The van der Waals surface area contributed by atoms with Crippen LogP contribution in [0.2, 0.25) is 0 Å². The van der Waals surface area contributed by atoms with E-state index in [0.29, 0.717) is 11.6 Å². The molecule has 0 radical (unpaired) electrons.